The summed E-state index contributed by atoms with van der Waals surface area (Å²) in [4.78, 5) is 42.8. The highest BCUT2D eigenvalue weighted by atomic mass is 19.1. The number of rotatable bonds is 5. The number of amides is 3. The van der Waals surface area contributed by atoms with Crippen molar-refractivity contribution in [2.24, 2.45) is 23.2 Å². The number of hydrogen-bond donors (Lipinski definition) is 3. The molecule has 1 aliphatic carbocycles. The third kappa shape index (κ3) is 3.50. The lowest BCUT2D eigenvalue weighted by Gasteiger charge is -2.30. The fourth-order valence-electron chi connectivity index (χ4n) is 5.78. The van der Waals surface area contributed by atoms with Crippen molar-refractivity contribution in [1.29, 1.82) is 5.26 Å². The van der Waals surface area contributed by atoms with Crippen molar-refractivity contribution in [3.05, 3.63) is 35.5 Å². The zero-order chi connectivity index (χ0) is 24.4. The third-order valence-electron chi connectivity index (χ3n) is 7.78. The predicted molar refractivity (Wildman–Crippen MR) is 117 cm³/mol. The Morgan fingerprint density at radius 3 is 2.76 bits per heavy atom. The number of aromatic amines is 1. The molecule has 1 saturated carbocycles. The fourth-order valence-corrected chi connectivity index (χ4v) is 5.78. The summed E-state index contributed by atoms with van der Waals surface area (Å²) in [7, 11) is 0. The van der Waals surface area contributed by atoms with Gasteiger partial charge in [-0.15, -0.1) is 0 Å². The van der Waals surface area contributed by atoms with Gasteiger partial charge in [-0.2, -0.15) is 5.26 Å². The number of benzene rings is 1. The number of H-pyrrole nitrogens is 1. The van der Waals surface area contributed by atoms with Gasteiger partial charge in [-0.3, -0.25) is 14.4 Å². The monoisotopic (exact) mass is 469 g/mol. The highest BCUT2D eigenvalue weighted by Crippen LogP contribution is 2.65. The first-order chi connectivity index (χ1) is 16.1. The zero-order valence-electron chi connectivity index (χ0n) is 18.8. The standard InChI is InChI=1S/C24H25F2N5O3/c1-24(2)15-10-31(23(34)18-8-14-16(26)6-12(25)7-17(14)30-18)20(19(15)24)22(33)29-13(9-27)5-11-3-4-28-21(11)32/h6-8,11,13,15,19-20,30H,3-5,10H2,1-2H3,(H,28,32)(H,29,33)/t11?,13-,15-,19-,20-/m0/s1. The lowest BCUT2D eigenvalue weighted by atomic mass is 9.97. The maximum atomic E-state index is 14.1. The average Bonchev–Trinajstić information content (AvgIpc) is 3.28. The van der Waals surface area contributed by atoms with Crippen LogP contribution in [-0.2, 0) is 9.59 Å². The van der Waals surface area contributed by atoms with Crippen LogP contribution >= 0.6 is 0 Å². The van der Waals surface area contributed by atoms with Crippen LogP contribution in [0.3, 0.4) is 0 Å². The van der Waals surface area contributed by atoms with Gasteiger partial charge in [-0.05, 0) is 42.2 Å². The van der Waals surface area contributed by atoms with Crippen LogP contribution in [0.2, 0.25) is 0 Å². The van der Waals surface area contributed by atoms with Crippen molar-refractivity contribution in [1.82, 2.24) is 20.5 Å². The minimum Gasteiger partial charge on any atom is -0.356 e. The van der Waals surface area contributed by atoms with E-state index in [1.165, 1.54) is 11.0 Å². The summed E-state index contributed by atoms with van der Waals surface area (Å²) in [6.07, 6.45) is 0.815. The minimum absolute atomic E-state index is 0.0656. The molecule has 5 rings (SSSR count). The molecule has 2 aliphatic heterocycles. The number of nitriles is 1. The van der Waals surface area contributed by atoms with E-state index < -0.39 is 35.5 Å². The average molecular weight is 469 g/mol. The highest BCUT2D eigenvalue weighted by Gasteiger charge is 2.69. The molecule has 5 atom stereocenters. The van der Waals surface area contributed by atoms with Crippen molar-refractivity contribution in [2.75, 3.05) is 13.1 Å². The van der Waals surface area contributed by atoms with E-state index in [1.807, 2.05) is 13.8 Å². The SMILES string of the molecule is CC1(C)[C@@H]2[C@@H](C(=O)N[C@H](C#N)CC3CCNC3=O)N(C(=O)c3cc4c(F)cc(F)cc4[nH]3)C[C@@H]21. The number of nitrogens with zero attached hydrogens (tertiary/aromatic N) is 2. The van der Waals surface area contributed by atoms with Gasteiger partial charge in [-0.25, -0.2) is 8.78 Å². The summed E-state index contributed by atoms with van der Waals surface area (Å²) < 4.78 is 27.7. The number of aromatic nitrogens is 1. The lowest BCUT2D eigenvalue weighted by molar-refractivity contribution is -0.127. The van der Waals surface area contributed by atoms with E-state index in [0.717, 1.165) is 12.1 Å². The molecule has 3 fully saturated rings. The van der Waals surface area contributed by atoms with Gasteiger partial charge in [-0.1, -0.05) is 13.8 Å². The third-order valence-corrected chi connectivity index (χ3v) is 7.78. The van der Waals surface area contributed by atoms with Gasteiger partial charge in [0.25, 0.3) is 5.91 Å². The number of carbonyl (C=O) groups is 3. The van der Waals surface area contributed by atoms with E-state index in [0.29, 0.717) is 19.5 Å². The molecule has 10 heteroatoms. The molecular weight excluding hydrogens is 444 g/mol. The van der Waals surface area contributed by atoms with Crippen molar-refractivity contribution in [2.45, 2.75) is 38.8 Å². The van der Waals surface area contributed by atoms with Crippen molar-refractivity contribution < 1.29 is 23.2 Å². The van der Waals surface area contributed by atoms with E-state index in [9.17, 15) is 28.4 Å². The zero-order valence-corrected chi connectivity index (χ0v) is 18.8. The first-order valence-corrected chi connectivity index (χ1v) is 11.4. The fraction of sp³-hybridized carbons (Fsp3) is 0.500. The number of carbonyl (C=O) groups excluding carboxylic acids is 3. The molecule has 3 amide bonds. The van der Waals surface area contributed by atoms with E-state index in [2.05, 4.69) is 21.7 Å². The lowest BCUT2D eigenvalue weighted by Crippen LogP contribution is -2.52. The molecule has 1 aromatic heterocycles. The van der Waals surface area contributed by atoms with Crippen molar-refractivity contribution in [3.63, 3.8) is 0 Å². The van der Waals surface area contributed by atoms with E-state index in [1.54, 1.807) is 0 Å². The Morgan fingerprint density at radius 1 is 1.32 bits per heavy atom. The summed E-state index contributed by atoms with van der Waals surface area (Å²) in [5.41, 5.74) is 0.0869. The molecule has 3 heterocycles. The van der Waals surface area contributed by atoms with Crippen LogP contribution in [0.15, 0.2) is 18.2 Å². The number of likely N-dealkylation sites (tertiary alicyclic amines) is 1. The molecule has 1 aromatic carbocycles. The van der Waals surface area contributed by atoms with Crippen LogP contribution in [0.25, 0.3) is 10.9 Å². The molecule has 34 heavy (non-hydrogen) atoms. The van der Waals surface area contributed by atoms with Gasteiger partial charge in [0.15, 0.2) is 0 Å². The normalized spacial score (nSPS) is 27.7. The van der Waals surface area contributed by atoms with Crippen LogP contribution in [0.4, 0.5) is 8.78 Å². The molecule has 0 bridgehead atoms. The van der Waals surface area contributed by atoms with E-state index in [4.69, 9.17) is 0 Å². The molecule has 178 valence electrons. The van der Waals surface area contributed by atoms with Crippen LogP contribution in [-0.4, -0.2) is 52.8 Å². The van der Waals surface area contributed by atoms with Gasteiger partial charge >= 0.3 is 0 Å². The van der Waals surface area contributed by atoms with Crippen LogP contribution in [0.1, 0.15) is 37.2 Å². The second kappa shape index (κ2) is 7.79. The first kappa shape index (κ1) is 22.3. The van der Waals surface area contributed by atoms with Gasteiger partial charge in [0.1, 0.15) is 29.4 Å². The van der Waals surface area contributed by atoms with E-state index >= 15 is 0 Å². The summed E-state index contributed by atoms with van der Waals surface area (Å²) in [6, 6.07) is 3.59. The van der Waals surface area contributed by atoms with Gasteiger partial charge in [0.2, 0.25) is 11.8 Å². The summed E-state index contributed by atoms with van der Waals surface area (Å²) in [6.45, 7) is 4.98. The maximum Gasteiger partial charge on any atom is 0.271 e. The Kier molecular flexibility index (Phi) is 5.11. The topological polar surface area (TPSA) is 118 Å². The Labute approximate surface area is 194 Å². The highest BCUT2D eigenvalue weighted by molar-refractivity contribution is 6.01. The predicted octanol–water partition coefficient (Wildman–Crippen LogP) is 2.08. The Balaban J connectivity index is 1.38. The van der Waals surface area contributed by atoms with Gasteiger partial charge < -0.3 is 20.5 Å². The van der Waals surface area contributed by atoms with Crippen LogP contribution in [0.5, 0.6) is 0 Å². The second-order valence-electron chi connectivity index (χ2n) is 10.1. The summed E-state index contributed by atoms with van der Waals surface area (Å²) >= 11 is 0. The molecule has 0 spiro atoms. The molecular formula is C24H25F2N5O3. The smallest absolute Gasteiger partial charge is 0.271 e. The largest absolute Gasteiger partial charge is 0.356 e. The number of fused-ring (bicyclic) bond motifs is 2. The number of piperidine rings is 1. The van der Waals surface area contributed by atoms with Crippen LogP contribution < -0.4 is 10.6 Å². The molecule has 0 radical (unpaired) electrons. The number of hydrogen-bond acceptors (Lipinski definition) is 4. The minimum atomic E-state index is -0.857. The second-order valence-corrected chi connectivity index (χ2v) is 10.1. The Morgan fingerprint density at radius 2 is 2.09 bits per heavy atom. The van der Waals surface area contributed by atoms with Crippen molar-refractivity contribution in [3.8, 4) is 6.07 Å². The van der Waals surface area contributed by atoms with Gasteiger partial charge in [0.05, 0.1) is 11.6 Å². The molecule has 3 aliphatic rings. The summed E-state index contributed by atoms with van der Waals surface area (Å²) in [5.74, 6) is -2.89. The molecule has 8 nitrogen and oxygen atoms in total. The van der Waals surface area contributed by atoms with Crippen LogP contribution in [0, 0.1) is 46.1 Å². The van der Waals surface area contributed by atoms with E-state index in [-0.39, 0.29) is 52.1 Å². The van der Waals surface area contributed by atoms with Crippen molar-refractivity contribution >= 4 is 28.6 Å². The number of halogens is 2. The van der Waals surface area contributed by atoms with Gasteiger partial charge in [0, 0.05) is 30.5 Å². The molecule has 3 N–H and O–H groups in total. The quantitative estimate of drug-likeness (QED) is 0.621. The summed E-state index contributed by atoms with van der Waals surface area (Å²) in [5, 5.41) is 15.1. The Bertz CT molecular complexity index is 1250. The molecule has 2 aromatic rings. The Hall–Kier alpha value is -3.48. The first-order valence-electron chi connectivity index (χ1n) is 11.4. The molecule has 1 unspecified atom stereocenters. The maximum absolute atomic E-state index is 14.1. The number of nitrogens with one attached hydrogen (secondary N) is 3. The molecule has 2 saturated heterocycles.